The molecular formula is C16H23N5. The van der Waals surface area contributed by atoms with E-state index in [1.807, 2.05) is 24.4 Å². The van der Waals surface area contributed by atoms with E-state index in [9.17, 15) is 0 Å². The summed E-state index contributed by atoms with van der Waals surface area (Å²) in [5, 5.41) is 8.83. The first-order chi connectivity index (χ1) is 10.2. The zero-order chi connectivity index (χ0) is 14.8. The highest BCUT2D eigenvalue weighted by Gasteiger charge is 2.35. The van der Waals surface area contributed by atoms with Gasteiger partial charge in [-0.1, -0.05) is 6.07 Å². The molecule has 1 aromatic heterocycles. The summed E-state index contributed by atoms with van der Waals surface area (Å²) in [4.78, 5) is 4.45. The molecule has 4 N–H and O–H groups in total. The van der Waals surface area contributed by atoms with Crippen molar-refractivity contribution in [1.29, 1.82) is 0 Å². The molecule has 1 aliphatic heterocycles. The van der Waals surface area contributed by atoms with Crippen molar-refractivity contribution in [3.05, 3.63) is 30.1 Å². The van der Waals surface area contributed by atoms with Crippen LogP contribution in [0.2, 0.25) is 0 Å². The van der Waals surface area contributed by atoms with E-state index in [2.05, 4.69) is 22.1 Å². The number of fused-ring (bicyclic) bond motifs is 1. The van der Waals surface area contributed by atoms with Gasteiger partial charge in [0.25, 0.3) is 0 Å². The van der Waals surface area contributed by atoms with Gasteiger partial charge >= 0.3 is 0 Å². The van der Waals surface area contributed by atoms with Crippen LogP contribution >= 0.6 is 0 Å². The first-order valence-electron chi connectivity index (χ1n) is 7.71. The van der Waals surface area contributed by atoms with Gasteiger partial charge in [0.05, 0.1) is 11.4 Å². The number of hydrogen-bond donors (Lipinski definition) is 2. The Morgan fingerprint density at radius 3 is 2.33 bits per heavy atom. The number of nitrogens with two attached hydrogens (primary N) is 2. The van der Waals surface area contributed by atoms with Gasteiger partial charge in [-0.3, -0.25) is 4.98 Å². The lowest BCUT2D eigenvalue weighted by molar-refractivity contribution is 0.335. The molecule has 4 atom stereocenters. The maximum absolute atomic E-state index is 6.18. The van der Waals surface area contributed by atoms with Gasteiger partial charge in [0.2, 0.25) is 0 Å². The van der Waals surface area contributed by atoms with Gasteiger partial charge in [-0.25, -0.2) is 0 Å². The molecule has 5 heteroatoms. The van der Waals surface area contributed by atoms with E-state index >= 15 is 0 Å². The Morgan fingerprint density at radius 1 is 0.952 bits per heavy atom. The number of hydrogen-bond acceptors (Lipinski definition) is 5. The second kappa shape index (κ2) is 6.03. The van der Waals surface area contributed by atoms with Gasteiger partial charge in [-0.05, 0) is 44.7 Å². The molecule has 2 aliphatic rings. The molecule has 1 aromatic rings. The fourth-order valence-electron chi connectivity index (χ4n) is 3.44. The van der Waals surface area contributed by atoms with Crippen LogP contribution < -0.4 is 11.5 Å². The van der Waals surface area contributed by atoms with Gasteiger partial charge < -0.3 is 11.5 Å². The molecule has 112 valence electrons. The van der Waals surface area contributed by atoms with E-state index in [0.29, 0.717) is 11.8 Å². The second-order valence-electron chi connectivity index (χ2n) is 6.14. The van der Waals surface area contributed by atoms with Crippen molar-refractivity contribution in [3.8, 4) is 0 Å². The van der Waals surface area contributed by atoms with Gasteiger partial charge in [0.15, 0.2) is 0 Å². The van der Waals surface area contributed by atoms with Crippen molar-refractivity contribution < 1.29 is 0 Å². The van der Waals surface area contributed by atoms with Gasteiger partial charge in [-0.15, -0.1) is 0 Å². The van der Waals surface area contributed by atoms with Crippen molar-refractivity contribution in [2.24, 2.45) is 33.5 Å². The van der Waals surface area contributed by atoms with Crippen LogP contribution in [-0.4, -0.2) is 28.5 Å². The molecular weight excluding hydrogens is 262 g/mol. The zero-order valence-electron chi connectivity index (χ0n) is 12.4. The number of pyridine rings is 1. The highest BCUT2D eigenvalue weighted by molar-refractivity contribution is 6.05. The Balaban J connectivity index is 1.92. The molecule has 4 unspecified atom stereocenters. The van der Waals surface area contributed by atoms with Crippen LogP contribution in [-0.2, 0) is 0 Å². The summed E-state index contributed by atoms with van der Waals surface area (Å²) in [6.07, 6.45) is 5.72. The minimum absolute atomic E-state index is 0.0788. The average molecular weight is 285 g/mol. The van der Waals surface area contributed by atoms with Crippen molar-refractivity contribution in [3.63, 3.8) is 0 Å². The van der Waals surface area contributed by atoms with Crippen LogP contribution in [0.1, 0.15) is 38.3 Å². The Hall–Kier alpha value is -1.59. The Labute approximate surface area is 125 Å². The van der Waals surface area contributed by atoms with Crippen molar-refractivity contribution in [2.45, 2.75) is 44.7 Å². The normalized spacial score (nSPS) is 33.3. The van der Waals surface area contributed by atoms with Crippen LogP contribution in [0.3, 0.4) is 0 Å². The lowest BCUT2D eigenvalue weighted by Gasteiger charge is -2.35. The lowest BCUT2D eigenvalue weighted by Crippen LogP contribution is -2.45. The topological polar surface area (TPSA) is 89.6 Å². The largest absolute Gasteiger partial charge is 0.326 e. The summed E-state index contributed by atoms with van der Waals surface area (Å²) >= 11 is 0. The summed E-state index contributed by atoms with van der Waals surface area (Å²) in [5.41, 5.74) is 15.4. The SMILES string of the molecule is CC1=NN=C(c2ccccn2)C2CCC(N)C(N)CCC12. The highest BCUT2D eigenvalue weighted by atomic mass is 15.2. The molecule has 2 heterocycles. The van der Waals surface area contributed by atoms with Crippen LogP contribution in [0.25, 0.3) is 0 Å². The standard InChI is InChI=1S/C16H23N5/c1-10-11-5-7-13(17)14(18)8-6-12(11)16(21-20-10)15-4-2-3-9-19-15/h2-4,9,11-14H,5-8,17-18H2,1H3. The third kappa shape index (κ3) is 2.89. The molecule has 1 aliphatic carbocycles. The predicted octanol–water partition coefficient (Wildman–Crippen LogP) is 1.72. The van der Waals surface area contributed by atoms with E-state index in [1.54, 1.807) is 0 Å². The average Bonchev–Trinajstić information content (AvgIpc) is 2.50. The summed E-state index contributed by atoms with van der Waals surface area (Å²) in [7, 11) is 0. The molecule has 0 saturated heterocycles. The summed E-state index contributed by atoms with van der Waals surface area (Å²) in [5.74, 6) is 0.772. The molecule has 0 aromatic carbocycles. The zero-order valence-corrected chi connectivity index (χ0v) is 12.4. The van der Waals surface area contributed by atoms with Crippen molar-refractivity contribution in [2.75, 3.05) is 0 Å². The Morgan fingerprint density at radius 2 is 1.67 bits per heavy atom. The van der Waals surface area contributed by atoms with E-state index in [4.69, 9.17) is 11.5 Å². The molecule has 1 fully saturated rings. The minimum Gasteiger partial charge on any atom is -0.326 e. The fraction of sp³-hybridized carbons (Fsp3) is 0.562. The first-order valence-corrected chi connectivity index (χ1v) is 7.71. The summed E-state index contributed by atoms with van der Waals surface area (Å²) < 4.78 is 0. The molecule has 0 radical (unpaired) electrons. The predicted molar refractivity (Wildman–Crippen MR) is 85.3 cm³/mol. The third-order valence-corrected chi connectivity index (χ3v) is 4.79. The third-order valence-electron chi connectivity index (χ3n) is 4.79. The monoisotopic (exact) mass is 285 g/mol. The molecule has 1 saturated carbocycles. The van der Waals surface area contributed by atoms with Crippen LogP contribution in [0.15, 0.2) is 34.6 Å². The Kier molecular flexibility index (Phi) is 4.12. The molecule has 3 rings (SSSR count). The number of nitrogens with zero attached hydrogens (tertiary/aromatic N) is 3. The molecule has 21 heavy (non-hydrogen) atoms. The molecule has 0 amide bonds. The maximum Gasteiger partial charge on any atom is 0.0923 e. The maximum atomic E-state index is 6.18. The number of aromatic nitrogens is 1. The summed E-state index contributed by atoms with van der Waals surface area (Å²) in [6, 6.07) is 6.10. The van der Waals surface area contributed by atoms with Crippen molar-refractivity contribution >= 4 is 11.4 Å². The number of rotatable bonds is 1. The summed E-state index contributed by atoms with van der Waals surface area (Å²) in [6.45, 7) is 2.07. The fourth-order valence-corrected chi connectivity index (χ4v) is 3.44. The van der Waals surface area contributed by atoms with Gasteiger partial charge in [-0.2, -0.15) is 10.2 Å². The van der Waals surface area contributed by atoms with E-state index in [-0.39, 0.29) is 12.1 Å². The second-order valence-corrected chi connectivity index (χ2v) is 6.14. The molecule has 0 bridgehead atoms. The van der Waals surface area contributed by atoms with Crippen molar-refractivity contribution in [1.82, 2.24) is 4.98 Å². The minimum atomic E-state index is 0.0788. The highest BCUT2D eigenvalue weighted by Crippen LogP contribution is 2.33. The molecule has 0 spiro atoms. The van der Waals surface area contributed by atoms with E-state index in [0.717, 1.165) is 42.8 Å². The van der Waals surface area contributed by atoms with Crippen LogP contribution in [0.5, 0.6) is 0 Å². The van der Waals surface area contributed by atoms with Crippen LogP contribution in [0.4, 0.5) is 0 Å². The lowest BCUT2D eigenvalue weighted by atomic mass is 9.74. The van der Waals surface area contributed by atoms with Gasteiger partial charge in [0.1, 0.15) is 0 Å². The molecule has 5 nitrogen and oxygen atoms in total. The Bertz CT molecular complexity index is 551. The van der Waals surface area contributed by atoms with Gasteiger partial charge in [0, 0.05) is 35.8 Å². The van der Waals surface area contributed by atoms with E-state index < -0.39 is 0 Å². The smallest absolute Gasteiger partial charge is 0.0923 e. The quantitative estimate of drug-likeness (QED) is 0.823. The van der Waals surface area contributed by atoms with E-state index in [1.165, 1.54) is 0 Å². The van der Waals surface area contributed by atoms with Crippen LogP contribution in [0, 0.1) is 11.8 Å². The first kappa shape index (κ1) is 14.4.